The Labute approximate surface area is 242 Å². The van der Waals surface area contributed by atoms with E-state index in [2.05, 4.69) is 62.6 Å². The van der Waals surface area contributed by atoms with Crippen molar-refractivity contribution in [1.29, 1.82) is 0 Å². The van der Waals surface area contributed by atoms with E-state index in [0.717, 1.165) is 87.2 Å². The van der Waals surface area contributed by atoms with Crippen molar-refractivity contribution in [3.63, 3.8) is 0 Å². The van der Waals surface area contributed by atoms with E-state index in [1.165, 1.54) is 5.56 Å². The molecule has 5 heterocycles. The minimum Gasteiger partial charge on any atom is -0.444 e. The Morgan fingerprint density at radius 1 is 1.00 bits per heavy atom. The molecule has 6 rings (SSSR count). The Balaban J connectivity index is 1.07. The van der Waals surface area contributed by atoms with Crippen molar-refractivity contribution in [1.82, 2.24) is 34.4 Å². The van der Waals surface area contributed by atoms with E-state index in [4.69, 9.17) is 15.6 Å². The number of aryl methyl sites for hydroxylation is 1. The highest BCUT2D eigenvalue weighted by Crippen LogP contribution is 2.38. The van der Waals surface area contributed by atoms with E-state index in [1.807, 2.05) is 25.7 Å². The standard InChI is InChI=1S/C31H44N8O2/c1-21-6-8-22(9-7-21)26-25-27(32)33-20-34-28(25)39(35-26)23-10-14-38(15-11-23)31(5)12-16-36(17-13-31)24-18-37(19-24)29(40)41-30(2,3)4/h6-9,20,23-24H,10-19H2,1-5H3,(H2,32,33,34). The molecule has 0 spiro atoms. The van der Waals surface area contributed by atoms with Crippen LogP contribution in [0.15, 0.2) is 30.6 Å². The number of aromatic nitrogens is 4. The van der Waals surface area contributed by atoms with E-state index < -0.39 is 5.60 Å². The van der Waals surface area contributed by atoms with Gasteiger partial charge in [-0.05, 0) is 60.3 Å². The molecule has 0 unspecified atom stereocenters. The lowest BCUT2D eigenvalue weighted by Crippen LogP contribution is -2.65. The van der Waals surface area contributed by atoms with Crippen LogP contribution in [0.1, 0.15) is 65.0 Å². The summed E-state index contributed by atoms with van der Waals surface area (Å²) >= 11 is 0. The number of likely N-dealkylation sites (tertiary alicyclic amines) is 3. The van der Waals surface area contributed by atoms with E-state index >= 15 is 0 Å². The molecule has 3 saturated heterocycles. The molecule has 1 amide bonds. The van der Waals surface area contributed by atoms with Gasteiger partial charge in [-0.3, -0.25) is 9.80 Å². The average Bonchev–Trinajstić information content (AvgIpc) is 3.29. The van der Waals surface area contributed by atoms with Crippen LogP contribution in [0, 0.1) is 6.92 Å². The zero-order valence-electron chi connectivity index (χ0n) is 25.1. The molecule has 3 aliphatic rings. The summed E-state index contributed by atoms with van der Waals surface area (Å²) < 4.78 is 7.64. The number of hydrogen-bond donors (Lipinski definition) is 1. The molecular weight excluding hydrogens is 516 g/mol. The number of nitrogens with two attached hydrogens (primary N) is 1. The maximum absolute atomic E-state index is 12.3. The van der Waals surface area contributed by atoms with Crippen molar-refractivity contribution in [2.24, 2.45) is 0 Å². The van der Waals surface area contributed by atoms with E-state index in [0.29, 0.717) is 11.9 Å². The highest BCUT2D eigenvalue weighted by molar-refractivity contribution is 5.98. The number of carbonyl (C=O) groups is 1. The molecule has 0 radical (unpaired) electrons. The second-order valence-electron chi connectivity index (χ2n) is 13.4. The molecule has 2 N–H and O–H groups in total. The third-order valence-electron chi connectivity index (χ3n) is 9.32. The lowest BCUT2D eigenvalue weighted by Gasteiger charge is -2.53. The summed E-state index contributed by atoms with van der Waals surface area (Å²) in [5, 5.41) is 5.93. The number of nitrogen functional groups attached to an aromatic ring is 1. The second kappa shape index (κ2) is 10.5. The van der Waals surface area contributed by atoms with Gasteiger partial charge in [0, 0.05) is 56.4 Å². The number of piperidine rings is 2. The number of carbonyl (C=O) groups excluding carboxylic acids is 1. The number of rotatable bonds is 4. The molecule has 41 heavy (non-hydrogen) atoms. The van der Waals surface area contributed by atoms with Crippen molar-refractivity contribution >= 4 is 22.9 Å². The van der Waals surface area contributed by atoms with Gasteiger partial charge in [-0.2, -0.15) is 5.10 Å². The molecule has 10 nitrogen and oxygen atoms in total. The normalized spacial score (nSPS) is 21.2. The van der Waals surface area contributed by atoms with Gasteiger partial charge >= 0.3 is 6.09 Å². The average molecular weight is 561 g/mol. The van der Waals surface area contributed by atoms with Crippen LogP contribution < -0.4 is 5.73 Å². The lowest BCUT2D eigenvalue weighted by atomic mass is 9.84. The zero-order valence-corrected chi connectivity index (χ0v) is 25.1. The van der Waals surface area contributed by atoms with Crippen LogP contribution in [0.3, 0.4) is 0 Å². The summed E-state index contributed by atoms with van der Waals surface area (Å²) in [6.07, 6.45) is 5.71. The Kier molecular flexibility index (Phi) is 7.18. The molecule has 0 atom stereocenters. The fourth-order valence-corrected chi connectivity index (χ4v) is 6.66. The summed E-state index contributed by atoms with van der Waals surface area (Å²) in [5.74, 6) is 0.481. The molecule has 1 aromatic carbocycles. The fourth-order valence-electron chi connectivity index (χ4n) is 6.66. The lowest BCUT2D eigenvalue weighted by molar-refractivity contribution is -0.0414. The molecule has 0 saturated carbocycles. The highest BCUT2D eigenvalue weighted by Gasteiger charge is 2.43. The van der Waals surface area contributed by atoms with Gasteiger partial charge in [-0.15, -0.1) is 0 Å². The third-order valence-corrected chi connectivity index (χ3v) is 9.32. The van der Waals surface area contributed by atoms with Gasteiger partial charge in [0.1, 0.15) is 23.4 Å². The first kappa shape index (κ1) is 27.9. The smallest absolute Gasteiger partial charge is 0.410 e. The van der Waals surface area contributed by atoms with Crippen LogP contribution >= 0.6 is 0 Å². The summed E-state index contributed by atoms with van der Waals surface area (Å²) in [7, 11) is 0. The first-order chi connectivity index (χ1) is 19.5. The van der Waals surface area contributed by atoms with Crippen molar-refractivity contribution in [3.05, 3.63) is 36.2 Å². The predicted molar refractivity (Wildman–Crippen MR) is 161 cm³/mol. The molecular formula is C31H44N8O2. The quantitative estimate of drug-likeness (QED) is 0.498. The monoisotopic (exact) mass is 560 g/mol. The number of hydrogen-bond acceptors (Lipinski definition) is 8. The number of ether oxygens (including phenoxy) is 1. The first-order valence-electron chi connectivity index (χ1n) is 15.0. The summed E-state index contributed by atoms with van der Waals surface area (Å²) in [4.78, 5) is 28.4. The molecule has 2 aromatic heterocycles. The molecule has 3 aromatic rings. The predicted octanol–water partition coefficient (Wildman–Crippen LogP) is 4.49. The Bertz CT molecular complexity index is 1390. The summed E-state index contributed by atoms with van der Waals surface area (Å²) in [6, 6.07) is 9.13. The molecule has 0 bridgehead atoms. The van der Waals surface area contributed by atoms with Gasteiger partial charge in [0.25, 0.3) is 0 Å². The summed E-state index contributed by atoms with van der Waals surface area (Å²) in [6.45, 7) is 16.0. The number of anilines is 1. The SMILES string of the molecule is Cc1ccc(-c2nn(C3CCN(C4(C)CCN(C5CN(C(=O)OC(C)(C)C)C5)CC4)CC3)c3ncnc(N)c23)cc1. The highest BCUT2D eigenvalue weighted by atomic mass is 16.6. The van der Waals surface area contributed by atoms with E-state index in [1.54, 1.807) is 6.33 Å². The van der Waals surface area contributed by atoms with Crippen molar-refractivity contribution in [3.8, 4) is 11.3 Å². The minimum atomic E-state index is -0.447. The van der Waals surface area contributed by atoms with E-state index in [9.17, 15) is 4.79 Å². The maximum Gasteiger partial charge on any atom is 0.410 e. The van der Waals surface area contributed by atoms with Crippen LogP contribution in [0.4, 0.5) is 10.6 Å². The molecule has 3 fully saturated rings. The van der Waals surface area contributed by atoms with Gasteiger partial charge in [-0.25, -0.2) is 19.4 Å². The van der Waals surface area contributed by atoms with Gasteiger partial charge < -0.3 is 15.4 Å². The second-order valence-corrected chi connectivity index (χ2v) is 13.4. The van der Waals surface area contributed by atoms with Crippen molar-refractivity contribution in [2.75, 3.05) is 45.0 Å². The first-order valence-corrected chi connectivity index (χ1v) is 15.0. The van der Waals surface area contributed by atoms with Crippen molar-refractivity contribution < 1.29 is 9.53 Å². The largest absolute Gasteiger partial charge is 0.444 e. The van der Waals surface area contributed by atoms with Crippen LogP contribution in [-0.4, -0.2) is 97.0 Å². The van der Waals surface area contributed by atoms with Gasteiger partial charge in [0.2, 0.25) is 0 Å². The maximum atomic E-state index is 12.3. The van der Waals surface area contributed by atoms with Gasteiger partial charge in [0.15, 0.2) is 5.65 Å². The number of benzene rings is 1. The van der Waals surface area contributed by atoms with Crippen LogP contribution in [0.2, 0.25) is 0 Å². The fraction of sp³-hybridized carbons (Fsp3) is 0.613. The topological polar surface area (TPSA) is 106 Å². The van der Waals surface area contributed by atoms with Crippen LogP contribution in [0.5, 0.6) is 0 Å². The molecule has 3 aliphatic heterocycles. The van der Waals surface area contributed by atoms with E-state index in [-0.39, 0.29) is 17.7 Å². The van der Waals surface area contributed by atoms with Crippen LogP contribution in [-0.2, 0) is 4.74 Å². The van der Waals surface area contributed by atoms with Gasteiger partial charge in [0.05, 0.1) is 11.4 Å². The Morgan fingerprint density at radius 2 is 1.66 bits per heavy atom. The van der Waals surface area contributed by atoms with Crippen molar-refractivity contribution in [2.45, 2.75) is 83.5 Å². The number of fused-ring (bicyclic) bond motifs is 1. The third kappa shape index (κ3) is 5.51. The summed E-state index contributed by atoms with van der Waals surface area (Å²) in [5.41, 5.74) is 10.0. The molecule has 0 aliphatic carbocycles. The van der Waals surface area contributed by atoms with Crippen LogP contribution in [0.25, 0.3) is 22.3 Å². The zero-order chi connectivity index (χ0) is 28.9. The number of amides is 1. The minimum absolute atomic E-state index is 0.191. The Morgan fingerprint density at radius 3 is 2.29 bits per heavy atom. The number of nitrogens with zero attached hydrogens (tertiary/aromatic N) is 7. The van der Waals surface area contributed by atoms with Gasteiger partial charge in [-0.1, -0.05) is 29.8 Å². The molecule has 10 heteroatoms. The molecule has 220 valence electrons. The Hall–Kier alpha value is -3.24.